The molecule has 0 fully saturated rings. The van der Waals surface area contributed by atoms with Crippen LogP contribution in [-0.4, -0.2) is 61.6 Å². The minimum absolute atomic E-state index is 0.0109. The summed E-state index contributed by atoms with van der Waals surface area (Å²) in [5, 5.41) is 9.18. The Balaban J connectivity index is 4.22. The van der Waals surface area contributed by atoms with Gasteiger partial charge in [-0.2, -0.15) is 0 Å². The van der Waals surface area contributed by atoms with E-state index in [1.807, 2.05) is 6.92 Å². The molecule has 6 heteroatoms. The number of aliphatic imine (C=N–C) groups is 1. The fraction of sp³-hybridized carbons (Fsp3) is 0.867. The number of rotatable bonds is 9. The number of amides is 1. The molecule has 0 aromatic carbocycles. The molecule has 0 rings (SSSR count). The summed E-state index contributed by atoms with van der Waals surface area (Å²) in [6, 6.07) is 1.05. The quantitative estimate of drug-likeness (QED) is 0.335. The van der Waals surface area contributed by atoms with Crippen LogP contribution in [0.3, 0.4) is 0 Å². The summed E-state index contributed by atoms with van der Waals surface area (Å²) in [6.45, 7) is 16.2. The summed E-state index contributed by atoms with van der Waals surface area (Å²) in [5.41, 5.74) is 0. The number of hydrogen-bond acceptors (Lipinski definition) is 3. The molecule has 0 aromatic rings. The van der Waals surface area contributed by atoms with E-state index >= 15 is 0 Å². The second-order valence-electron chi connectivity index (χ2n) is 5.60. The maximum atomic E-state index is 10.8. The lowest BCUT2D eigenvalue weighted by Crippen LogP contribution is -2.42. The zero-order valence-electron chi connectivity index (χ0n) is 14.5. The van der Waals surface area contributed by atoms with Crippen LogP contribution < -0.4 is 16.0 Å². The molecule has 1 amide bonds. The molecule has 0 radical (unpaired) electrons. The van der Waals surface area contributed by atoms with Crippen LogP contribution in [0.2, 0.25) is 0 Å². The molecule has 0 atom stereocenters. The van der Waals surface area contributed by atoms with Gasteiger partial charge in [-0.1, -0.05) is 0 Å². The molecule has 0 bridgehead atoms. The van der Waals surface area contributed by atoms with Crippen LogP contribution in [0.4, 0.5) is 0 Å². The first kappa shape index (κ1) is 19.7. The highest BCUT2D eigenvalue weighted by Gasteiger charge is 2.12. The highest BCUT2D eigenvalue weighted by Crippen LogP contribution is 2.03. The summed E-state index contributed by atoms with van der Waals surface area (Å²) in [4.78, 5) is 17.8. The largest absolute Gasteiger partial charge is 0.357 e. The summed E-state index contributed by atoms with van der Waals surface area (Å²) in [5.74, 6) is 0.790. The summed E-state index contributed by atoms with van der Waals surface area (Å²) in [7, 11) is 0. The van der Waals surface area contributed by atoms with Crippen LogP contribution in [-0.2, 0) is 4.79 Å². The van der Waals surface area contributed by atoms with Crippen LogP contribution in [0.1, 0.15) is 41.5 Å². The minimum Gasteiger partial charge on any atom is -0.357 e. The molecule has 0 aliphatic carbocycles. The molecule has 124 valence electrons. The molecule has 0 unspecified atom stereocenters. The molecular weight excluding hydrogens is 266 g/mol. The number of nitrogens with one attached hydrogen (secondary N) is 3. The highest BCUT2D eigenvalue weighted by atomic mass is 16.1. The second kappa shape index (κ2) is 11.4. The van der Waals surface area contributed by atoms with Crippen molar-refractivity contribution in [3.05, 3.63) is 0 Å². The maximum Gasteiger partial charge on any atom is 0.216 e. The van der Waals surface area contributed by atoms with Crippen molar-refractivity contribution in [2.45, 2.75) is 53.6 Å². The molecule has 6 nitrogen and oxygen atoms in total. The van der Waals surface area contributed by atoms with Gasteiger partial charge in [0.1, 0.15) is 0 Å². The van der Waals surface area contributed by atoms with E-state index in [0.717, 1.165) is 25.6 Å². The molecule has 0 aliphatic rings. The number of carbonyl (C=O) groups is 1. The van der Waals surface area contributed by atoms with Crippen molar-refractivity contribution >= 4 is 11.9 Å². The predicted molar refractivity (Wildman–Crippen MR) is 89.6 cm³/mol. The predicted octanol–water partition coefficient (Wildman–Crippen LogP) is 0.796. The molecule has 3 N–H and O–H groups in total. The second-order valence-corrected chi connectivity index (χ2v) is 5.60. The normalized spacial score (nSPS) is 12.1. The van der Waals surface area contributed by atoms with E-state index in [0.29, 0.717) is 25.2 Å². The first-order chi connectivity index (χ1) is 9.88. The van der Waals surface area contributed by atoms with Gasteiger partial charge in [-0.05, 0) is 34.6 Å². The monoisotopic (exact) mass is 299 g/mol. The summed E-state index contributed by atoms with van der Waals surface area (Å²) < 4.78 is 0. The number of hydrogen-bond donors (Lipinski definition) is 3. The summed E-state index contributed by atoms with van der Waals surface area (Å²) >= 11 is 0. The topological polar surface area (TPSA) is 68.8 Å². The van der Waals surface area contributed by atoms with E-state index in [9.17, 15) is 4.79 Å². The first-order valence-corrected chi connectivity index (χ1v) is 7.90. The lowest BCUT2D eigenvalue weighted by atomic mass is 10.2. The Labute approximate surface area is 129 Å². The van der Waals surface area contributed by atoms with Gasteiger partial charge in [-0.3, -0.25) is 14.7 Å². The summed E-state index contributed by atoms with van der Waals surface area (Å²) in [6.07, 6.45) is 0. The lowest BCUT2D eigenvalue weighted by Gasteiger charge is -2.29. The van der Waals surface area contributed by atoms with Crippen molar-refractivity contribution in [1.82, 2.24) is 20.9 Å². The van der Waals surface area contributed by atoms with Gasteiger partial charge in [0.25, 0.3) is 0 Å². The standard InChI is InChI=1S/C15H33N5O/c1-7-16-15(18-9-8-17-14(6)21)19-10-11-20(12(2)3)13(4)5/h12-13H,7-11H2,1-6H3,(H,17,21)(H2,16,18,19). The first-order valence-electron chi connectivity index (χ1n) is 7.90. The zero-order chi connectivity index (χ0) is 16.3. The van der Waals surface area contributed by atoms with Crippen molar-refractivity contribution in [3.8, 4) is 0 Å². The Bertz CT molecular complexity index is 307. The molecular formula is C15H33N5O. The van der Waals surface area contributed by atoms with E-state index in [1.165, 1.54) is 6.92 Å². The van der Waals surface area contributed by atoms with E-state index in [4.69, 9.17) is 0 Å². The number of carbonyl (C=O) groups excluding carboxylic acids is 1. The molecule has 0 saturated carbocycles. The van der Waals surface area contributed by atoms with Gasteiger partial charge in [-0.25, -0.2) is 0 Å². The van der Waals surface area contributed by atoms with Crippen LogP contribution in [0.5, 0.6) is 0 Å². The van der Waals surface area contributed by atoms with Crippen molar-refractivity contribution in [3.63, 3.8) is 0 Å². The van der Waals surface area contributed by atoms with Gasteiger partial charge in [-0.15, -0.1) is 0 Å². The molecule has 21 heavy (non-hydrogen) atoms. The molecule has 0 spiro atoms. The zero-order valence-corrected chi connectivity index (χ0v) is 14.5. The number of nitrogens with zero attached hydrogens (tertiary/aromatic N) is 2. The Morgan fingerprint density at radius 3 is 2.10 bits per heavy atom. The van der Waals surface area contributed by atoms with Crippen LogP contribution in [0.25, 0.3) is 0 Å². The Hall–Kier alpha value is -1.30. The van der Waals surface area contributed by atoms with Gasteiger partial charge in [0, 0.05) is 45.2 Å². The van der Waals surface area contributed by atoms with Gasteiger partial charge in [0.2, 0.25) is 5.91 Å². The Morgan fingerprint density at radius 1 is 1.05 bits per heavy atom. The third-order valence-corrected chi connectivity index (χ3v) is 3.09. The van der Waals surface area contributed by atoms with Gasteiger partial charge in [0.05, 0.1) is 6.54 Å². The Kier molecular flexibility index (Phi) is 10.7. The third kappa shape index (κ3) is 10.1. The molecule has 0 aliphatic heterocycles. The fourth-order valence-corrected chi connectivity index (χ4v) is 2.15. The molecule has 0 heterocycles. The number of guanidine groups is 1. The van der Waals surface area contributed by atoms with Crippen molar-refractivity contribution < 1.29 is 4.79 Å². The van der Waals surface area contributed by atoms with Crippen molar-refractivity contribution in [2.24, 2.45) is 4.99 Å². The Morgan fingerprint density at radius 2 is 1.62 bits per heavy atom. The average Bonchev–Trinajstić information content (AvgIpc) is 2.38. The van der Waals surface area contributed by atoms with Crippen LogP contribution >= 0.6 is 0 Å². The van der Waals surface area contributed by atoms with E-state index in [2.05, 4.69) is 53.5 Å². The maximum absolute atomic E-state index is 10.8. The minimum atomic E-state index is -0.0109. The smallest absolute Gasteiger partial charge is 0.216 e. The van der Waals surface area contributed by atoms with E-state index in [1.54, 1.807) is 0 Å². The highest BCUT2D eigenvalue weighted by molar-refractivity contribution is 5.79. The SMILES string of the molecule is CCNC(=NCCN(C(C)C)C(C)C)NCCNC(C)=O. The van der Waals surface area contributed by atoms with Crippen LogP contribution in [0.15, 0.2) is 4.99 Å². The van der Waals surface area contributed by atoms with Gasteiger partial charge >= 0.3 is 0 Å². The molecule has 0 aromatic heterocycles. The van der Waals surface area contributed by atoms with Crippen molar-refractivity contribution in [2.75, 3.05) is 32.7 Å². The van der Waals surface area contributed by atoms with Crippen molar-refractivity contribution in [1.29, 1.82) is 0 Å². The third-order valence-electron chi connectivity index (χ3n) is 3.09. The van der Waals surface area contributed by atoms with E-state index < -0.39 is 0 Å². The molecule has 0 saturated heterocycles. The van der Waals surface area contributed by atoms with Gasteiger partial charge in [0.15, 0.2) is 5.96 Å². The van der Waals surface area contributed by atoms with E-state index in [-0.39, 0.29) is 5.91 Å². The van der Waals surface area contributed by atoms with Gasteiger partial charge < -0.3 is 16.0 Å². The average molecular weight is 299 g/mol. The van der Waals surface area contributed by atoms with Crippen LogP contribution in [0, 0.1) is 0 Å². The lowest BCUT2D eigenvalue weighted by molar-refractivity contribution is -0.118. The fourth-order valence-electron chi connectivity index (χ4n) is 2.15.